The van der Waals surface area contributed by atoms with E-state index in [0.29, 0.717) is 5.69 Å². The number of aryl methyl sites for hydroxylation is 2. The summed E-state index contributed by atoms with van der Waals surface area (Å²) in [5.41, 5.74) is 5.58. The Balaban J connectivity index is 2.69. The van der Waals surface area contributed by atoms with Crippen molar-refractivity contribution >= 4 is 5.69 Å². The lowest BCUT2D eigenvalue weighted by molar-refractivity contribution is -0.142. The highest BCUT2D eigenvalue weighted by Crippen LogP contribution is 2.36. The second-order valence-corrected chi connectivity index (χ2v) is 4.10. The van der Waals surface area contributed by atoms with Crippen LogP contribution in [0.3, 0.4) is 0 Å². The number of nitrogen functional groups attached to an aromatic ring is 1. The Bertz CT molecular complexity index is 585. The predicted molar refractivity (Wildman–Crippen MR) is 62.5 cm³/mol. The fourth-order valence-electron chi connectivity index (χ4n) is 1.76. The molecule has 0 aliphatic carbocycles. The topological polar surface area (TPSA) is 43.8 Å². The van der Waals surface area contributed by atoms with Crippen LogP contribution in [0.15, 0.2) is 24.3 Å². The van der Waals surface area contributed by atoms with Crippen LogP contribution in [0, 0.1) is 13.8 Å². The van der Waals surface area contributed by atoms with E-state index in [1.54, 1.807) is 31.2 Å². The Kier molecular flexibility index (Phi) is 2.80. The van der Waals surface area contributed by atoms with Gasteiger partial charge in [-0.15, -0.1) is 0 Å². The van der Waals surface area contributed by atoms with Crippen LogP contribution in [-0.2, 0) is 6.18 Å². The molecule has 18 heavy (non-hydrogen) atoms. The summed E-state index contributed by atoms with van der Waals surface area (Å²) in [6.45, 7) is 3.26. The van der Waals surface area contributed by atoms with E-state index < -0.39 is 11.9 Å². The minimum absolute atomic E-state index is 0.170. The molecule has 0 aliphatic heterocycles. The Labute approximate surface area is 102 Å². The molecule has 0 fully saturated rings. The van der Waals surface area contributed by atoms with Crippen LogP contribution in [0.25, 0.3) is 5.69 Å². The molecule has 0 bridgehead atoms. The maximum absolute atomic E-state index is 13.0. The number of rotatable bonds is 1. The van der Waals surface area contributed by atoms with E-state index in [4.69, 9.17) is 5.73 Å². The molecule has 0 radical (unpaired) electrons. The molecule has 0 saturated carbocycles. The van der Waals surface area contributed by atoms with E-state index in [-0.39, 0.29) is 11.4 Å². The number of anilines is 1. The molecule has 0 atom stereocenters. The minimum Gasteiger partial charge on any atom is -0.395 e. The molecule has 2 rings (SSSR count). The average molecular weight is 255 g/mol. The molecular weight excluding hydrogens is 243 g/mol. The Morgan fingerprint density at radius 1 is 1.22 bits per heavy atom. The number of hydrogen-bond donors (Lipinski definition) is 1. The summed E-state index contributed by atoms with van der Waals surface area (Å²) >= 11 is 0. The quantitative estimate of drug-likeness (QED) is 0.851. The van der Waals surface area contributed by atoms with Crippen LogP contribution in [-0.4, -0.2) is 9.78 Å². The zero-order valence-corrected chi connectivity index (χ0v) is 9.92. The smallest absolute Gasteiger partial charge is 0.395 e. The molecular formula is C12H12F3N3. The van der Waals surface area contributed by atoms with Gasteiger partial charge in [0.05, 0.1) is 17.1 Å². The normalized spacial score (nSPS) is 11.8. The van der Waals surface area contributed by atoms with Gasteiger partial charge in [-0.1, -0.05) is 12.1 Å². The summed E-state index contributed by atoms with van der Waals surface area (Å²) in [5, 5.41) is 3.86. The molecule has 6 heteroatoms. The van der Waals surface area contributed by atoms with Gasteiger partial charge in [0, 0.05) is 0 Å². The minimum atomic E-state index is -4.53. The van der Waals surface area contributed by atoms with Gasteiger partial charge in [0.1, 0.15) is 0 Å². The van der Waals surface area contributed by atoms with Gasteiger partial charge in [0.25, 0.3) is 0 Å². The highest BCUT2D eigenvalue weighted by atomic mass is 19.4. The van der Waals surface area contributed by atoms with Gasteiger partial charge < -0.3 is 5.73 Å². The van der Waals surface area contributed by atoms with E-state index in [0.717, 1.165) is 10.2 Å². The molecule has 2 aromatic rings. The Morgan fingerprint density at radius 3 is 2.44 bits per heavy atom. The summed E-state index contributed by atoms with van der Waals surface area (Å²) in [6, 6.07) is 6.67. The molecule has 3 nitrogen and oxygen atoms in total. The number of aromatic nitrogens is 2. The van der Waals surface area contributed by atoms with Crippen LogP contribution in [0.2, 0.25) is 0 Å². The lowest BCUT2D eigenvalue weighted by atomic mass is 10.2. The third-order valence-corrected chi connectivity index (χ3v) is 2.62. The predicted octanol–water partition coefficient (Wildman–Crippen LogP) is 3.09. The first-order valence-corrected chi connectivity index (χ1v) is 5.30. The van der Waals surface area contributed by atoms with Crippen molar-refractivity contribution in [1.29, 1.82) is 0 Å². The standard InChI is InChI=1S/C12H12F3N3/c1-7-4-3-5-9(6-7)18-11(12(13,14)15)10(16)8(2)17-18/h3-6H,16H2,1-2H3. The third-order valence-electron chi connectivity index (χ3n) is 2.62. The Hall–Kier alpha value is -1.98. The molecule has 0 spiro atoms. The van der Waals surface area contributed by atoms with Gasteiger partial charge in [-0.2, -0.15) is 18.3 Å². The number of hydrogen-bond acceptors (Lipinski definition) is 2. The first kappa shape index (κ1) is 12.5. The molecule has 2 N–H and O–H groups in total. The van der Waals surface area contributed by atoms with Gasteiger partial charge in [-0.25, -0.2) is 4.68 Å². The van der Waals surface area contributed by atoms with Crippen LogP contribution in [0.5, 0.6) is 0 Å². The zero-order valence-electron chi connectivity index (χ0n) is 9.92. The van der Waals surface area contributed by atoms with Crippen LogP contribution >= 0.6 is 0 Å². The van der Waals surface area contributed by atoms with E-state index in [9.17, 15) is 13.2 Å². The monoisotopic (exact) mass is 255 g/mol. The number of nitrogens with two attached hydrogens (primary N) is 1. The van der Waals surface area contributed by atoms with Crippen molar-refractivity contribution < 1.29 is 13.2 Å². The number of halogens is 3. The van der Waals surface area contributed by atoms with Crippen LogP contribution in [0.4, 0.5) is 18.9 Å². The lowest BCUT2D eigenvalue weighted by Gasteiger charge is -2.11. The lowest BCUT2D eigenvalue weighted by Crippen LogP contribution is -2.15. The van der Waals surface area contributed by atoms with Crippen molar-refractivity contribution in [3.05, 3.63) is 41.2 Å². The summed E-state index contributed by atoms with van der Waals surface area (Å²) in [6.07, 6.45) is -4.53. The molecule has 1 aromatic carbocycles. The summed E-state index contributed by atoms with van der Waals surface area (Å²) < 4.78 is 39.7. The first-order valence-electron chi connectivity index (χ1n) is 5.30. The van der Waals surface area contributed by atoms with Gasteiger partial charge in [-0.05, 0) is 31.5 Å². The van der Waals surface area contributed by atoms with Crippen molar-refractivity contribution in [3.63, 3.8) is 0 Å². The van der Waals surface area contributed by atoms with Crippen molar-refractivity contribution in [1.82, 2.24) is 9.78 Å². The SMILES string of the molecule is Cc1cccc(-n2nc(C)c(N)c2C(F)(F)F)c1. The van der Waals surface area contributed by atoms with Gasteiger partial charge in [-0.3, -0.25) is 0 Å². The largest absolute Gasteiger partial charge is 0.435 e. The van der Waals surface area contributed by atoms with Crippen molar-refractivity contribution in [2.45, 2.75) is 20.0 Å². The highest BCUT2D eigenvalue weighted by molar-refractivity contribution is 5.53. The fraction of sp³-hybridized carbons (Fsp3) is 0.250. The van der Waals surface area contributed by atoms with E-state index >= 15 is 0 Å². The molecule has 1 heterocycles. The fourth-order valence-corrected chi connectivity index (χ4v) is 1.76. The van der Waals surface area contributed by atoms with E-state index in [2.05, 4.69) is 5.10 Å². The molecule has 1 aromatic heterocycles. The molecule has 0 unspecified atom stereocenters. The van der Waals surface area contributed by atoms with Crippen molar-refractivity contribution in [3.8, 4) is 5.69 Å². The molecule has 0 amide bonds. The highest BCUT2D eigenvalue weighted by Gasteiger charge is 2.39. The van der Waals surface area contributed by atoms with Crippen LogP contribution < -0.4 is 5.73 Å². The molecule has 0 saturated heterocycles. The maximum atomic E-state index is 13.0. The average Bonchev–Trinajstić information content (AvgIpc) is 2.55. The first-order chi connectivity index (χ1) is 8.30. The number of nitrogens with zero attached hydrogens (tertiary/aromatic N) is 2. The van der Waals surface area contributed by atoms with Crippen LogP contribution in [0.1, 0.15) is 17.0 Å². The maximum Gasteiger partial charge on any atom is 0.435 e. The van der Waals surface area contributed by atoms with Crippen molar-refractivity contribution in [2.75, 3.05) is 5.73 Å². The second kappa shape index (κ2) is 4.04. The summed E-state index contributed by atoms with van der Waals surface area (Å²) in [4.78, 5) is 0. The van der Waals surface area contributed by atoms with Gasteiger partial charge in [0.2, 0.25) is 0 Å². The van der Waals surface area contributed by atoms with Gasteiger partial charge in [0.15, 0.2) is 5.69 Å². The zero-order chi connectivity index (χ0) is 13.5. The second-order valence-electron chi connectivity index (χ2n) is 4.10. The number of alkyl halides is 3. The summed E-state index contributed by atoms with van der Waals surface area (Å²) in [7, 11) is 0. The molecule has 0 aliphatic rings. The van der Waals surface area contributed by atoms with Gasteiger partial charge >= 0.3 is 6.18 Å². The summed E-state index contributed by atoms with van der Waals surface area (Å²) in [5.74, 6) is 0. The third kappa shape index (κ3) is 2.05. The van der Waals surface area contributed by atoms with E-state index in [1.165, 1.54) is 6.92 Å². The van der Waals surface area contributed by atoms with E-state index in [1.807, 2.05) is 0 Å². The Morgan fingerprint density at radius 2 is 1.89 bits per heavy atom. The number of benzene rings is 1. The molecule has 96 valence electrons. The van der Waals surface area contributed by atoms with Crippen molar-refractivity contribution in [2.24, 2.45) is 0 Å².